The van der Waals surface area contributed by atoms with Gasteiger partial charge in [0.1, 0.15) is 11.8 Å². The molecule has 0 spiro atoms. The molecule has 104 valence electrons. The lowest BCUT2D eigenvalue weighted by Crippen LogP contribution is -2.07. The number of rotatable bonds is 5. The van der Waals surface area contributed by atoms with Crippen molar-refractivity contribution in [1.29, 1.82) is 0 Å². The van der Waals surface area contributed by atoms with E-state index in [1.807, 2.05) is 50.2 Å². The largest absolute Gasteiger partial charge is 0.393 e. The van der Waals surface area contributed by atoms with Gasteiger partial charge in [0, 0.05) is 16.5 Å². The van der Waals surface area contributed by atoms with Crippen LogP contribution >= 0.6 is 15.9 Å². The minimum absolute atomic E-state index is 0.0630. The van der Waals surface area contributed by atoms with E-state index in [9.17, 15) is 0 Å². The van der Waals surface area contributed by atoms with Gasteiger partial charge >= 0.3 is 0 Å². The Hall–Kier alpha value is -1.61. The van der Waals surface area contributed by atoms with Crippen LogP contribution in [-0.2, 0) is 10.2 Å². The third-order valence-corrected chi connectivity index (χ3v) is 3.40. The van der Waals surface area contributed by atoms with Crippen molar-refractivity contribution in [3.05, 3.63) is 71.3 Å². The summed E-state index contributed by atoms with van der Waals surface area (Å²) in [6, 6.07) is 18.4. The van der Waals surface area contributed by atoms with Crippen molar-refractivity contribution in [2.45, 2.75) is 25.3 Å². The van der Waals surface area contributed by atoms with Gasteiger partial charge in [-0.05, 0) is 25.5 Å². The Balaban J connectivity index is 2.43. The Morgan fingerprint density at radius 1 is 1.05 bits per heavy atom. The zero-order chi connectivity index (χ0) is 14.4. The fraction of sp³-hybridized carbons (Fsp3) is 0.235. The molecule has 0 saturated heterocycles. The summed E-state index contributed by atoms with van der Waals surface area (Å²) in [5.74, 6) is 0. The first-order chi connectivity index (χ1) is 9.70. The maximum atomic E-state index is 5.46. The highest BCUT2D eigenvalue weighted by Crippen LogP contribution is 2.15. The smallest absolute Gasteiger partial charge is 0.122 e. The average Bonchev–Trinajstić information content (AvgIpc) is 2.48. The van der Waals surface area contributed by atoms with Crippen molar-refractivity contribution in [3.8, 4) is 0 Å². The molecule has 0 aliphatic heterocycles. The van der Waals surface area contributed by atoms with Gasteiger partial charge in [-0.25, -0.2) is 0 Å². The van der Waals surface area contributed by atoms with E-state index in [1.165, 1.54) is 5.56 Å². The standard InChI is InChI=1S/C17H18BrNO/c1-13(2)20-19-17(15-8-4-3-5-9-15)16-10-6-7-14(11-16)12-18/h3-11,13H,12H2,1-2H3/b19-17-. The molecule has 0 aliphatic carbocycles. The second-order valence-corrected chi connectivity index (χ2v) is 5.35. The molecule has 2 rings (SSSR count). The molecule has 0 aliphatic rings. The van der Waals surface area contributed by atoms with Crippen LogP contribution in [0, 0.1) is 0 Å². The molecule has 0 bridgehead atoms. The fourth-order valence-electron chi connectivity index (χ4n) is 1.83. The van der Waals surface area contributed by atoms with Gasteiger partial charge in [-0.15, -0.1) is 0 Å². The van der Waals surface area contributed by atoms with E-state index in [2.05, 4.69) is 39.3 Å². The highest BCUT2D eigenvalue weighted by Gasteiger charge is 2.09. The second-order valence-electron chi connectivity index (χ2n) is 4.79. The molecule has 0 fully saturated rings. The van der Waals surface area contributed by atoms with Gasteiger partial charge in [0.2, 0.25) is 0 Å². The van der Waals surface area contributed by atoms with E-state index in [0.29, 0.717) is 0 Å². The van der Waals surface area contributed by atoms with E-state index >= 15 is 0 Å². The first kappa shape index (κ1) is 14.8. The van der Waals surface area contributed by atoms with Crippen LogP contribution in [0.15, 0.2) is 59.8 Å². The van der Waals surface area contributed by atoms with Crippen LogP contribution in [0.4, 0.5) is 0 Å². The quantitative estimate of drug-likeness (QED) is 0.439. The van der Waals surface area contributed by atoms with E-state index in [4.69, 9.17) is 4.84 Å². The molecule has 0 N–H and O–H groups in total. The summed E-state index contributed by atoms with van der Waals surface area (Å²) in [5, 5.41) is 5.17. The lowest BCUT2D eigenvalue weighted by molar-refractivity contribution is 0.0863. The molecule has 2 aromatic carbocycles. The molecule has 0 amide bonds. The molecule has 0 aromatic heterocycles. The van der Waals surface area contributed by atoms with Crippen LogP contribution < -0.4 is 0 Å². The first-order valence-corrected chi connectivity index (χ1v) is 7.77. The monoisotopic (exact) mass is 331 g/mol. The summed E-state index contributed by atoms with van der Waals surface area (Å²) in [7, 11) is 0. The van der Waals surface area contributed by atoms with Crippen LogP contribution in [0.2, 0.25) is 0 Å². The van der Waals surface area contributed by atoms with Gasteiger partial charge in [0.15, 0.2) is 0 Å². The Morgan fingerprint density at radius 3 is 2.40 bits per heavy atom. The lowest BCUT2D eigenvalue weighted by atomic mass is 10.0. The topological polar surface area (TPSA) is 21.6 Å². The van der Waals surface area contributed by atoms with Crippen LogP contribution in [0.3, 0.4) is 0 Å². The van der Waals surface area contributed by atoms with E-state index in [1.54, 1.807) is 0 Å². The third-order valence-electron chi connectivity index (χ3n) is 2.76. The highest BCUT2D eigenvalue weighted by molar-refractivity contribution is 9.08. The number of oxime groups is 1. The third kappa shape index (κ3) is 3.94. The zero-order valence-corrected chi connectivity index (χ0v) is 13.3. The second kappa shape index (κ2) is 7.25. The summed E-state index contributed by atoms with van der Waals surface area (Å²) >= 11 is 3.49. The van der Waals surface area contributed by atoms with Crippen molar-refractivity contribution in [2.75, 3.05) is 0 Å². The maximum absolute atomic E-state index is 5.46. The lowest BCUT2D eigenvalue weighted by Gasteiger charge is -2.10. The zero-order valence-electron chi connectivity index (χ0n) is 11.7. The van der Waals surface area contributed by atoms with Gasteiger partial charge in [0.25, 0.3) is 0 Å². The molecular formula is C17H18BrNO. The van der Waals surface area contributed by atoms with Gasteiger partial charge in [0.05, 0.1) is 0 Å². The van der Waals surface area contributed by atoms with Crippen molar-refractivity contribution >= 4 is 21.6 Å². The Morgan fingerprint density at radius 2 is 1.75 bits per heavy atom. The van der Waals surface area contributed by atoms with Gasteiger partial charge in [-0.2, -0.15) is 0 Å². The number of benzene rings is 2. The molecule has 0 saturated carbocycles. The number of hydrogen-bond donors (Lipinski definition) is 0. The SMILES string of the molecule is CC(C)O/N=C(/c1ccccc1)c1cccc(CBr)c1. The number of alkyl halides is 1. The van der Waals surface area contributed by atoms with Crippen molar-refractivity contribution in [3.63, 3.8) is 0 Å². The van der Waals surface area contributed by atoms with Crippen LogP contribution in [0.5, 0.6) is 0 Å². The van der Waals surface area contributed by atoms with Crippen molar-refractivity contribution < 1.29 is 4.84 Å². The Kier molecular flexibility index (Phi) is 5.36. The minimum atomic E-state index is 0.0630. The molecule has 0 atom stereocenters. The molecule has 3 heteroatoms. The van der Waals surface area contributed by atoms with Crippen LogP contribution in [0.1, 0.15) is 30.5 Å². The molecule has 2 nitrogen and oxygen atoms in total. The van der Waals surface area contributed by atoms with Gasteiger partial charge in [-0.3, -0.25) is 0 Å². The number of nitrogens with zero attached hydrogens (tertiary/aromatic N) is 1. The summed E-state index contributed by atoms with van der Waals surface area (Å²) in [4.78, 5) is 5.46. The molecule has 20 heavy (non-hydrogen) atoms. The fourth-order valence-corrected chi connectivity index (χ4v) is 2.18. The van der Waals surface area contributed by atoms with E-state index in [-0.39, 0.29) is 6.10 Å². The highest BCUT2D eigenvalue weighted by atomic mass is 79.9. The van der Waals surface area contributed by atoms with Gasteiger partial charge in [-0.1, -0.05) is 69.6 Å². The van der Waals surface area contributed by atoms with E-state index < -0.39 is 0 Å². The Bertz CT molecular complexity index is 579. The predicted molar refractivity (Wildman–Crippen MR) is 87.4 cm³/mol. The van der Waals surface area contributed by atoms with Crippen LogP contribution in [0.25, 0.3) is 0 Å². The summed E-state index contributed by atoms with van der Waals surface area (Å²) in [6.45, 7) is 3.95. The number of halogens is 1. The first-order valence-electron chi connectivity index (χ1n) is 6.65. The Labute approximate surface area is 128 Å². The molecule has 2 aromatic rings. The summed E-state index contributed by atoms with van der Waals surface area (Å²) in [6.07, 6.45) is 0.0630. The van der Waals surface area contributed by atoms with Crippen molar-refractivity contribution in [2.24, 2.45) is 5.16 Å². The molecule has 0 radical (unpaired) electrons. The van der Waals surface area contributed by atoms with E-state index in [0.717, 1.165) is 22.2 Å². The average molecular weight is 332 g/mol. The number of hydrogen-bond acceptors (Lipinski definition) is 2. The predicted octanol–water partition coefficient (Wildman–Crippen LogP) is 4.76. The normalized spacial score (nSPS) is 11.7. The molecule has 0 unspecified atom stereocenters. The minimum Gasteiger partial charge on any atom is -0.393 e. The van der Waals surface area contributed by atoms with Gasteiger partial charge < -0.3 is 4.84 Å². The maximum Gasteiger partial charge on any atom is 0.122 e. The summed E-state index contributed by atoms with van der Waals surface area (Å²) < 4.78 is 0. The van der Waals surface area contributed by atoms with Crippen molar-refractivity contribution in [1.82, 2.24) is 0 Å². The summed E-state index contributed by atoms with van der Waals surface area (Å²) in [5.41, 5.74) is 4.20. The van der Waals surface area contributed by atoms with Crippen LogP contribution in [-0.4, -0.2) is 11.8 Å². The molecular weight excluding hydrogens is 314 g/mol. The molecule has 0 heterocycles.